The van der Waals surface area contributed by atoms with Gasteiger partial charge in [-0.3, -0.25) is 4.90 Å². The third kappa shape index (κ3) is 4.07. The molecule has 0 aromatic carbocycles. The Morgan fingerprint density at radius 1 is 1.48 bits per heavy atom. The van der Waals surface area contributed by atoms with Crippen LogP contribution in [0.1, 0.15) is 17.8 Å². The zero-order chi connectivity index (χ0) is 16.1. The zero-order valence-corrected chi connectivity index (χ0v) is 13.2. The Hall–Kier alpha value is -2.41. The molecule has 1 N–H and O–H groups in total. The standard InChI is InChI=1S/C16H21N5O2/c1-20(11-15-17-5-2-6-18-15)14-3-7-21(10-14)16(22)19-9-13-4-8-23-12-13/h2,4-6,8,12,14H,3,7,9-11H2,1H3,(H,19,22). The largest absolute Gasteiger partial charge is 0.472 e. The average molecular weight is 315 g/mol. The van der Waals surface area contributed by atoms with Crippen molar-refractivity contribution in [3.05, 3.63) is 48.4 Å². The number of carbonyl (C=O) groups is 1. The second-order valence-electron chi connectivity index (χ2n) is 5.76. The number of likely N-dealkylation sites (tertiary alicyclic amines) is 1. The van der Waals surface area contributed by atoms with Gasteiger partial charge in [0.25, 0.3) is 0 Å². The highest BCUT2D eigenvalue weighted by atomic mass is 16.3. The molecule has 1 atom stereocenters. The summed E-state index contributed by atoms with van der Waals surface area (Å²) in [4.78, 5) is 24.8. The summed E-state index contributed by atoms with van der Waals surface area (Å²) < 4.78 is 4.99. The Balaban J connectivity index is 1.46. The van der Waals surface area contributed by atoms with Crippen molar-refractivity contribution in [2.75, 3.05) is 20.1 Å². The molecule has 23 heavy (non-hydrogen) atoms. The number of aromatic nitrogens is 2. The lowest BCUT2D eigenvalue weighted by Crippen LogP contribution is -2.41. The van der Waals surface area contributed by atoms with E-state index in [4.69, 9.17) is 4.42 Å². The Kier molecular flexibility index (Phi) is 4.87. The van der Waals surface area contributed by atoms with Gasteiger partial charge in [-0.2, -0.15) is 0 Å². The summed E-state index contributed by atoms with van der Waals surface area (Å²) in [5.74, 6) is 0.804. The lowest BCUT2D eigenvalue weighted by molar-refractivity contribution is 0.195. The SMILES string of the molecule is CN(Cc1ncccn1)C1CCN(C(=O)NCc2ccoc2)C1. The maximum Gasteiger partial charge on any atom is 0.317 e. The van der Waals surface area contributed by atoms with E-state index in [2.05, 4.69) is 20.2 Å². The summed E-state index contributed by atoms with van der Waals surface area (Å²) in [6.07, 6.45) is 7.71. The van der Waals surface area contributed by atoms with Crippen LogP contribution in [0.4, 0.5) is 4.79 Å². The highest BCUT2D eigenvalue weighted by Crippen LogP contribution is 2.16. The van der Waals surface area contributed by atoms with E-state index in [0.717, 1.165) is 30.9 Å². The minimum absolute atomic E-state index is 0.0296. The predicted molar refractivity (Wildman–Crippen MR) is 84.4 cm³/mol. The van der Waals surface area contributed by atoms with E-state index in [9.17, 15) is 4.79 Å². The number of likely N-dealkylation sites (N-methyl/N-ethyl adjacent to an activating group) is 1. The summed E-state index contributed by atoms with van der Waals surface area (Å²) in [7, 11) is 2.05. The van der Waals surface area contributed by atoms with Gasteiger partial charge in [-0.05, 0) is 25.6 Å². The van der Waals surface area contributed by atoms with E-state index in [1.807, 2.05) is 24.1 Å². The van der Waals surface area contributed by atoms with Crippen molar-refractivity contribution in [2.45, 2.75) is 25.6 Å². The van der Waals surface area contributed by atoms with Crippen molar-refractivity contribution >= 4 is 6.03 Å². The fourth-order valence-corrected chi connectivity index (χ4v) is 2.73. The van der Waals surface area contributed by atoms with Gasteiger partial charge in [-0.15, -0.1) is 0 Å². The smallest absolute Gasteiger partial charge is 0.317 e. The lowest BCUT2D eigenvalue weighted by atomic mass is 10.2. The summed E-state index contributed by atoms with van der Waals surface area (Å²) in [6, 6.07) is 3.96. The maximum absolute atomic E-state index is 12.2. The highest BCUT2D eigenvalue weighted by Gasteiger charge is 2.29. The normalized spacial score (nSPS) is 17.7. The van der Waals surface area contributed by atoms with Crippen molar-refractivity contribution in [1.29, 1.82) is 0 Å². The molecular formula is C16H21N5O2. The van der Waals surface area contributed by atoms with E-state index in [1.54, 1.807) is 24.9 Å². The van der Waals surface area contributed by atoms with Crippen LogP contribution in [0.2, 0.25) is 0 Å². The monoisotopic (exact) mass is 315 g/mol. The molecule has 7 nitrogen and oxygen atoms in total. The first-order valence-electron chi connectivity index (χ1n) is 7.72. The van der Waals surface area contributed by atoms with Crippen molar-refractivity contribution < 1.29 is 9.21 Å². The summed E-state index contributed by atoms with van der Waals surface area (Å²) >= 11 is 0. The summed E-state index contributed by atoms with van der Waals surface area (Å²) in [5.41, 5.74) is 0.965. The zero-order valence-electron chi connectivity index (χ0n) is 13.2. The Bertz CT molecular complexity index is 617. The molecule has 1 aliphatic heterocycles. The number of rotatable bonds is 5. The van der Waals surface area contributed by atoms with Gasteiger partial charge >= 0.3 is 6.03 Å². The van der Waals surface area contributed by atoms with Crippen LogP contribution in [0, 0.1) is 0 Å². The van der Waals surface area contributed by atoms with Crippen LogP contribution in [-0.2, 0) is 13.1 Å². The number of carbonyl (C=O) groups excluding carboxylic acids is 1. The van der Waals surface area contributed by atoms with Gasteiger partial charge in [0.15, 0.2) is 0 Å². The number of hydrogen-bond acceptors (Lipinski definition) is 5. The van der Waals surface area contributed by atoms with E-state index in [0.29, 0.717) is 19.1 Å². The number of nitrogens with zero attached hydrogens (tertiary/aromatic N) is 4. The maximum atomic E-state index is 12.2. The molecule has 3 rings (SSSR count). The lowest BCUT2D eigenvalue weighted by Gasteiger charge is -2.24. The van der Waals surface area contributed by atoms with Crippen LogP contribution in [0.15, 0.2) is 41.5 Å². The van der Waals surface area contributed by atoms with Crippen molar-refractivity contribution in [3.63, 3.8) is 0 Å². The van der Waals surface area contributed by atoms with Gasteiger partial charge in [0.2, 0.25) is 0 Å². The number of nitrogens with one attached hydrogen (secondary N) is 1. The van der Waals surface area contributed by atoms with Crippen LogP contribution >= 0.6 is 0 Å². The second-order valence-corrected chi connectivity index (χ2v) is 5.76. The molecule has 0 aliphatic carbocycles. The molecule has 122 valence electrons. The first-order chi connectivity index (χ1) is 11.2. The number of hydrogen-bond donors (Lipinski definition) is 1. The molecule has 0 radical (unpaired) electrons. The van der Waals surface area contributed by atoms with Crippen molar-refractivity contribution in [1.82, 2.24) is 25.1 Å². The van der Waals surface area contributed by atoms with Gasteiger partial charge in [0, 0.05) is 43.6 Å². The van der Waals surface area contributed by atoms with Gasteiger partial charge < -0.3 is 14.6 Å². The molecule has 0 saturated carbocycles. The Morgan fingerprint density at radius 3 is 3.04 bits per heavy atom. The quantitative estimate of drug-likeness (QED) is 0.905. The average Bonchev–Trinajstić information content (AvgIpc) is 3.25. The molecule has 1 saturated heterocycles. The van der Waals surface area contributed by atoms with E-state index < -0.39 is 0 Å². The highest BCUT2D eigenvalue weighted by molar-refractivity contribution is 5.74. The molecule has 1 fully saturated rings. The number of amides is 2. The van der Waals surface area contributed by atoms with E-state index in [-0.39, 0.29) is 6.03 Å². The third-order valence-electron chi connectivity index (χ3n) is 4.11. The fraction of sp³-hybridized carbons (Fsp3) is 0.438. The van der Waals surface area contributed by atoms with Crippen LogP contribution in [0.3, 0.4) is 0 Å². The van der Waals surface area contributed by atoms with Crippen LogP contribution in [-0.4, -0.2) is 52.0 Å². The molecule has 2 aromatic heterocycles. The van der Waals surface area contributed by atoms with Gasteiger partial charge in [0.05, 0.1) is 19.1 Å². The van der Waals surface area contributed by atoms with Gasteiger partial charge in [-0.25, -0.2) is 14.8 Å². The predicted octanol–water partition coefficient (Wildman–Crippen LogP) is 1.49. The van der Waals surface area contributed by atoms with Crippen LogP contribution < -0.4 is 5.32 Å². The Morgan fingerprint density at radius 2 is 2.30 bits per heavy atom. The van der Waals surface area contributed by atoms with E-state index >= 15 is 0 Å². The van der Waals surface area contributed by atoms with Gasteiger partial charge in [0.1, 0.15) is 5.82 Å². The van der Waals surface area contributed by atoms with Crippen LogP contribution in [0.5, 0.6) is 0 Å². The third-order valence-corrected chi connectivity index (χ3v) is 4.11. The minimum atomic E-state index is -0.0296. The second kappa shape index (κ2) is 7.23. The molecule has 1 aliphatic rings. The van der Waals surface area contributed by atoms with E-state index in [1.165, 1.54) is 0 Å². The molecule has 2 amide bonds. The minimum Gasteiger partial charge on any atom is -0.472 e. The van der Waals surface area contributed by atoms with Gasteiger partial charge in [-0.1, -0.05) is 0 Å². The first kappa shape index (κ1) is 15.5. The molecule has 3 heterocycles. The summed E-state index contributed by atoms with van der Waals surface area (Å²) in [5, 5.41) is 2.92. The fourth-order valence-electron chi connectivity index (χ4n) is 2.73. The van der Waals surface area contributed by atoms with Crippen molar-refractivity contribution in [3.8, 4) is 0 Å². The Labute approximate surface area is 135 Å². The molecule has 7 heteroatoms. The summed E-state index contributed by atoms with van der Waals surface area (Å²) in [6.45, 7) is 2.67. The molecule has 1 unspecified atom stereocenters. The number of urea groups is 1. The van der Waals surface area contributed by atoms with Crippen molar-refractivity contribution in [2.24, 2.45) is 0 Å². The molecule has 2 aromatic rings. The molecule has 0 spiro atoms. The number of furan rings is 1. The molecule has 0 bridgehead atoms. The van der Waals surface area contributed by atoms with Crippen LogP contribution in [0.25, 0.3) is 0 Å². The topological polar surface area (TPSA) is 74.5 Å². The first-order valence-corrected chi connectivity index (χ1v) is 7.72. The molecular weight excluding hydrogens is 294 g/mol.